The van der Waals surface area contributed by atoms with Crippen LogP contribution < -0.4 is 0 Å². The number of H-pyrrole nitrogens is 1. The van der Waals surface area contributed by atoms with Gasteiger partial charge >= 0.3 is 5.97 Å². The first-order chi connectivity index (χ1) is 7.68. The van der Waals surface area contributed by atoms with Crippen LogP contribution in [0, 0.1) is 0 Å². The number of aryl methyl sites for hydroxylation is 1. The van der Waals surface area contributed by atoms with Gasteiger partial charge in [-0.1, -0.05) is 23.7 Å². The first kappa shape index (κ1) is 11.0. The summed E-state index contributed by atoms with van der Waals surface area (Å²) in [5, 5.41) is 10.3. The first-order valence-electron chi connectivity index (χ1n) is 5.15. The lowest BCUT2D eigenvalue weighted by Crippen LogP contribution is -1.96. The van der Waals surface area contributed by atoms with E-state index in [1.807, 2.05) is 18.2 Å². The SMILES string of the molecule is O=C(O)CCCc1cccc2[nH]cc(Cl)c12. The summed E-state index contributed by atoms with van der Waals surface area (Å²) in [5.74, 6) is -0.757. The molecule has 3 nitrogen and oxygen atoms in total. The van der Waals surface area contributed by atoms with Crippen LogP contribution in [0.2, 0.25) is 5.02 Å². The quantitative estimate of drug-likeness (QED) is 0.858. The predicted octanol–water partition coefficient (Wildman–Crippen LogP) is 3.23. The number of carboxylic acid groups (broad SMARTS) is 1. The van der Waals surface area contributed by atoms with Crippen molar-refractivity contribution in [3.63, 3.8) is 0 Å². The number of carbonyl (C=O) groups is 1. The largest absolute Gasteiger partial charge is 0.481 e. The Labute approximate surface area is 98.0 Å². The summed E-state index contributed by atoms with van der Waals surface area (Å²) in [7, 11) is 0. The van der Waals surface area contributed by atoms with Gasteiger partial charge in [0, 0.05) is 23.5 Å². The van der Waals surface area contributed by atoms with Gasteiger partial charge in [-0.3, -0.25) is 4.79 Å². The smallest absolute Gasteiger partial charge is 0.303 e. The number of aromatic amines is 1. The van der Waals surface area contributed by atoms with E-state index in [9.17, 15) is 4.79 Å². The van der Waals surface area contributed by atoms with Gasteiger partial charge < -0.3 is 10.1 Å². The van der Waals surface area contributed by atoms with Crippen LogP contribution in [0.25, 0.3) is 10.9 Å². The van der Waals surface area contributed by atoms with E-state index in [1.54, 1.807) is 6.20 Å². The number of aliphatic carboxylic acids is 1. The first-order valence-corrected chi connectivity index (χ1v) is 5.52. The number of halogens is 1. The molecule has 0 bridgehead atoms. The molecule has 0 radical (unpaired) electrons. The van der Waals surface area contributed by atoms with Crippen LogP contribution in [-0.4, -0.2) is 16.1 Å². The van der Waals surface area contributed by atoms with Gasteiger partial charge in [-0.05, 0) is 24.5 Å². The van der Waals surface area contributed by atoms with Crippen LogP contribution in [0.3, 0.4) is 0 Å². The lowest BCUT2D eigenvalue weighted by atomic mass is 10.0. The minimum absolute atomic E-state index is 0.193. The van der Waals surface area contributed by atoms with Gasteiger partial charge in [-0.25, -0.2) is 0 Å². The summed E-state index contributed by atoms with van der Waals surface area (Å²) < 4.78 is 0. The van der Waals surface area contributed by atoms with Crippen molar-refractivity contribution in [1.29, 1.82) is 0 Å². The molecule has 0 unspecified atom stereocenters. The zero-order valence-electron chi connectivity index (χ0n) is 8.66. The Hall–Kier alpha value is -1.48. The normalized spacial score (nSPS) is 10.8. The molecule has 0 fully saturated rings. The molecule has 0 atom stereocenters. The third-order valence-corrected chi connectivity index (χ3v) is 2.88. The molecule has 0 saturated heterocycles. The molecule has 0 aliphatic carbocycles. The predicted molar refractivity (Wildman–Crippen MR) is 63.9 cm³/mol. The number of benzene rings is 1. The molecule has 84 valence electrons. The van der Waals surface area contributed by atoms with E-state index in [0.29, 0.717) is 11.4 Å². The van der Waals surface area contributed by atoms with Crippen molar-refractivity contribution in [3.05, 3.63) is 35.0 Å². The van der Waals surface area contributed by atoms with Gasteiger partial charge in [0.05, 0.1) is 5.02 Å². The Morgan fingerprint density at radius 3 is 3.00 bits per heavy atom. The average Bonchev–Trinajstić information content (AvgIpc) is 2.61. The number of nitrogens with one attached hydrogen (secondary N) is 1. The van der Waals surface area contributed by atoms with E-state index in [0.717, 1.165) is 22.9 Å². The van der Waals surface area contributed by atoms with Crippen LogP contribution in [0.5, 0.6) is 0 Å². The van der Waals surface area contributed by atoms with Crippen molar-refractivity contribution in [2.75, 3.05) is 0 Å². The highest BCUT2D eigenvalue weighted by Gasteiger charge is 2.07. The maximum atomic E-state index is 10.4. The van der Waals surface area contributed by atoms with Gasteiger partial charge in [-0.2, -0.15) is 0 Å². The number of fused-ring (bicyclic) bond motifs is 1. The standard InChI is InChI=1S/C12H12ClNO2/c13-9-7-14-10-5-1-3-8(12(9)10)4-2-6-11(15)16/h1,3,5,7,14H,2,4,6H2,(H,15,16). The van der Waals surface area contributed by atoms with Crippen molar-refractivity contribution in [3.8, 4) is 0 Å². The summed E-state index contributed by atoms with van der Waals surface area (Å²) in [5.41, 5.74) is 2.10. The molecule has 16 heavy (non-hydrogen) atoms. The number of carboxylic acids is 1. The Bertz CT molecular complexity index is 519. The molecule has 0 spiro atoms. The monoisotopic (exact) mass is 237 g/mol. The summed E-state index contributed by atoms with van der Waals surface area (Å²) in [4.78, 5) is 13.5. The van der Waals surface area contributed by atoms with Crippen molar-refractivity contribution >= 4 is 28.5 Å². The lowest BCUT2D eigenvalue weighted by Gasteiger charge is -2.02. The number of rotatable bonds is 4. The van der Waals surface area contributed by atoms with Gasteiger partial charge in [0.1, 0.15) is 0 Å². The van der Waals surface area contributed by atoms with Gasteiger partial charge in [0.2, 0.25) is 0 Å². The van der Waals surface area contributed by atoms with Crippen LogP contribution in [-0.2, 0) is 11.2 Å². The molecule has 0 saturated carbocycles. The fourth-order valence-electron chi connectivity index (χ4n) is 1.85. The summed E-state index contributed by atoms with van der Waals surface area (Å²) in [6, 6.07) is 5.90. The molecule has 2 aromatic rings. The molecule has 1 aromatic heterocycles. The second-order valence-electron chi connectivity index (χ2n) is 3.72. The van der Waals surface area contributed by atoms with Crippen LogP contribution in [0.4, 0.5) is 0 Å². The average molecular weight is 238 g/mol. The van der Waals surface area contributed by atoms with Crippen LogP contribution in [0.1, 0.15) is 18.4 Å². The molecular weight excluding hydrogens is 226 g/mol. The van der Waals surface area contributed by atoms with E-state index in [-0.39, 0.29) is 6.42 Å². The van der Waals surface area contributed by atoms with Crippen molar-refractivity contribution in [1.82, 2.24) is 4.98 Å². The van der Waals surface area contributed by atoms with E-state index >= 15 is 0 Å². The van der Waals surface area contributed by atoms with Gasteiger partial charge in [0.15, 0.2) is 0 Å². The van der Waals surface area contributed by atoms with E-state index in [1.165, 1.54) is 0 Å². The highest BCUT2D eigenvalue weighted by Crippen LogP contribution is 2.27. The number of hydrogen-bond acceptors (Lipinski definition) is 1. The third kappa shape index (κ3) is 2.19. The van der Waals surface area contributed by atoms with E-state index in [4.69, 9.17) is 16.7 Å². The second-order valence-corrected chi connectivity index (χ2v) is 4.13. The maximum Gasteiger partial charge on any atom is 0.303 e. The van der Waals surface area contributed by atoms with Crippen molar-refractivity contribution in [2.45, 2.75) is 19.3 Å². The second kappa shape index (κ2) is 4.58. The van der Waals surface area contributed by atoms with Crippen LogP contribution in [0.15, 0.2) is 24.4 Å². The lowest BCUT2D eigenvalue weighted by molar-refractivity contribution is -0.137. The molecule has 0 amide bonds. The third-order valence-electron chi connectivity index (χ3n) is 2.58. The molecule has 0 aliphatic heterocycles. The topological polar surface area (TPSA) is 53.1 Å². The molecule has 4 heteroatoms. The zero-order valence-corrected chi connectivity index (χ0v) is 9.42. The Morgan fingerprint density at radius 2 is 2.25 bits per heavy atom. The Balaban J connectivity index is 2.23. The highest BCUT2D eigenvalue weighted by molar-refractivity contribution is 6.35. The molecule has 0 aliphatic rings. The number of hydrogen-bond donors (Lipinski definition) is 2. The molecular formula is C12H12ClNO2. The Morgan fingerprint density at radius 1 is 1.44 bits per heavy atom. The van der Waals surface area contributed by atoms with E-state index < -0.39 is 5.97 Å². The minimum atomic E-state index is -0.757. The number of aromatic nitrogens is 1. The molecule has 1 aromatic carbocycles. The highest BCUT2D eigenvalue weighted by atomic mass is 35.5. The fraction of sp³-hybridized carbons (Fsp3) is 0.250. The Kier molecular flexibility index (Phi) is 3.15. The summed E-state index contributed by atoms with van der Waals surface area (Å²) in [6.07, 6.45) is 3.32. The molecule has 1 heterocycles. The maximum absolute atomic E-state index is 10.4. The van der Waals surface area contributed by atoms with Gasteiger partial charge in [0.25, 0.3) is 0 Å². The summed E-state index contributed by atoms with van der Waals surface area (Å²) in [6.45, 7) is 0. The van der Waals surface area contributed by atoms with E-state index in [2.05, 4.69) is 4.98 Å². The van der Waals surface area contributed by atoms with Gasteiger partial charge in [-0.15, -0.1) is 0 Å². The minimum Gasteiger partial charge on any atom is -0.481 e. The summed E-state index contributed by atoms with van der Waals surface area (Å²) >= 11 is 6.07. The van der Waals surface area contributed by atoms with Crippen molar-refractivity contribution < 1.29 is 9.90 Å². The molecule has 2 rings (SSSR count). The zero-order chi connectivity index (χ0) is 11.5. The van der Waals surface area contributed by atoms with Crippen LogP contribution >= 0.6 is 11.6 Å². The van der Waals surface area contributed by atoms with Crippen molar-refractivity contribution in [2.24, 2.45) is 0 Å². The fourth-order valence-corrected chi connectivity index (χ4v) is 2.13. The molecule has 2 N–H and O–H groups in total.